The van der Waals surface area contributed by atoms with Crippen molar-refractivity contribution in [3.8, 4) is 50.6 Å². The van der Waals surface area contributed by atoms with Gasteiger partial charge in [0.2, 0.25) is 0 Å². The average Bonchev–Trinajstić information content (AvgIpc) is 3.43. The van der Waals surface area contributed by atoms with E-state index >= 15 is 0 Å². The molecule has 4 heteroatoms. The van der Waals surface area contributed by atoms with Gasteiger partial charge in [0.05, 0.1) is 22.6 Å². The fraction of sp³-hybridized carbons (Fsp3) is 0. The first kappa shape index (κ1) is 24.9. The summed E-state index contributed by atoms with van der Waals surface area (Å²) in [6.45, 7) is 0. The van der Waals surface area contributed by atoms with Crippen LogP contribution in [0.5, 0.6) is 0 Å². The number of nitrogens with zero attached hydrogens (tertiary/aromatic N) is 4. The highest BCUT2D eigenvalue weighted by Gasteiger charge is 2.15. The van der Waals surface area contributed by atoms with E-state index in [1.807, 2.05) is 42.7 Å². The molecule has 0 N–H and O–H groups in total. The molecule has 0 fully saturated rings. The minimum atomic E-state index is 0.837. The zero-order valence-electron chi connectivity index (χ0n) is 23.3. The zero-order chi connectivity index (χ0) is 28.6. The van der Waals surface area contributed by atoms with Gasteiger partial charge in [-0.15, -0.1) is 0 Å². The lowest BCUT2D eigenvalue weighted by Crippen LogP contribution is -1.96. The number of hydrogen-bond donors (Lipinski definition) is 0. The number of hydrogen-bond acceptors (Lipinski definition) is 3. The lowest BCUT2D eigenvalue weighted by Gasteiger charge is -2.13. The number of pyridine rings is 3. The predicted molar refractivity (Wildman–Crippen MR) is 176 cm³/mol. The largest absolute Gasteiger partial charge is 0.294 e. The van der Waals surface area contributed by atoms with Crippen molar-refractivity contribution in [1.29, 1.82) is 0 Å². The van der Waals surface area contributed by atoms with Crippen molar-refractivity contribution < 1.29 is 0 Å². The van der Waals surface area contributed by atoms with Gasteiger partial charge in [-0.25, -0.2) is 9.97 Å². The van der Waals surface area contributed by atoms with Gasteiger partial charge in [0.25, 0.3) is 0 Å². The van der Waals surface area contributed by atoms with Crippen LogP contribution in [0.3, 0.4) is 0 Å². The van der Waals surface area contributed by atoms with Crippen molar-refractivity contribution in [3.63, 3.8) is 0 Å². The Kier molecular flexibility index (Phi) is 6.08. The molecule has 0 saturated carbocycles. The predicted octanol–water partition coefficient (Wildman–Crippen LogP) is 9.64. The fourth-order valence-corrected chi connectivity index (χ4v) is 5.84. The zero-order valence-corrected chi connectivity index (χ0v) is 23.3. The molecule has 0 atom stereocenters. The van der Waals surface area contributed by atoms with E-state index in [9.17, 15) is 0 Å². The summed E-state index contributed by atoms with van der Waals surface area (Å²) in [7, 11) is 0. The summed E-state index contributed by atoms with van der Waals surface area (Å²) < 4.78 is 2.25. The van der Waals surface area contributed by atoms with E-state index in [4.69, 9.17) is 9.97 Å². The number of para-hydroxylation sites is 1. The highest BCUT2D eigenvalue weighted by atomic mass is 15.0. The number of benzene rings is 4. The Morgan fingerprint density at radius 1 is 0.395 bits per heavy atom. The molecule has 0 radical (unpaired) electrons. The topological polar surface area (TPSA) is 43.6 Å². The molecule has 0 saturated heterocycles. The van der Waals surface area contributed by atoms with Crippen molar-refractivity contribution in [3.05, 3.63) is 158 Å². The Labute approximate surface area is 249 Å². The monoisotopic (exact) mass is 550 g/mol. The molecule has 0 unspecified atom stereocenters. The van der Waals surface area contributed by atoms with E-state index in [0.717, 1.165) is 56.0 Å². The Balaban J connectivity index is 1.27. The van der Waals surface area contributed by atoms with Crippen LogP contribution < -0.4 is 0 Å². The van der Waals surface area contributed by atoms with E-state index in [2.05, 4.69) is 125 Å². The lowest BCUT2D eigenvalue weighted by molar-refractivity contribution is 1.14. The smallest absolute Gasteiger partial charge is 0.145 e. The van der Waals surface area contributed by atoms with Gasteiger partial charge in [-0.2, -0.15) is 0 Å². The third-order valence-electron chi connectivity index (χ3n) is 7.91. The van der Waals surface area contributed by atoms with Crippen LogP contribution in [0.1, 0.15) is 0 Å². The second-order valence-electron chi connectivity index (χ2n) is 10.6. The van der Waals surface area contributed by atoms with Crippen LogP contribution in [-0.2, 0) is 0 Å². The van der Waals surface area contributed by atoms with E-state index in [0.29, 0.717) is 0 Å². The quantitative estimate of drug-likeness (QED) is 0.214. The Morgan fingerprint density at radius 2 is 1.09 bits per heavy atom. The second-order valence-corrected chi connectivity index (χ2v) is 10.6. The molecule has 202 valence electrons. The van der Waals surface area contributed by atoms with Crippen LogP contribution in [0.2, 0.25) is 0 Å². The SMILES string of the molecule is c1ccc(-c2ccc(-c3cc(-c4cccc(-n5c6ccccc6c6cccnc65)c4)cc(-c4ccccn4)n3)cc2)cc1. The molecule has 8 aromatic rings. The Morgan fingerprint density at radius 3 is 1.95 bits per heavy atom. The Bertz CT molecular complexity index is 2160. The molecule has 0 spiro atoms. The van der Waals surface area contributed by atoms with Gasteiger partial charge in [0, 0.05) is 34.4 Å². The first-order valence-electron chi connectivity index (χ1n) is 14.4. The van der Waals surface area contributed by atoms with Crippen molar-refractivity contribution in [2.24, 2.45) is 0 Å². The van der Waals surface area contributed by atoms with Gasteiger partial charge in [-0.1, -0.05) is 91.0 Å². The minimum absolute atomic E-state index is 0.837. The molecule has 8 rings (SSSR count). The first-order chi connectivity index (χ1) is 21.3. The van der Waals surface area contributed by atoms with Crippen molar-refractivity contribution >= 4 is 21.9 Å². The summed E-state index contributed by atoms with van der Waals surface area (Å²) in [4.78, 5) is 14.5. The van der Waals surface area contributed by atoms with Crippen LogP contribution in [0.25, 0.3) is 72.5 Å². The van der Waals surface area contributed by atoms with Gasteiger partial charge < -0.3 is 0 Å². The highest BCUT2D eigenvalue weighted by molar-refractivity contribution is 6.07. The van der Waals surface area contributed by atoms with Crippen molar-refractivity contribution in [2.45, 2.75) is 0 Å². The average molecular weight is 551 g/mol. The molecule has 0 amide bonds. The fourth-order valence-electron chi connectivity index (χ4n) is 5.84. The van der Waals surface area contributed by atoms with Crippen LogP contribution in [0.4, 0.5) is 0 Å². The molecule has 4 aromatic carbocycles. The molecule has 4 heterocycles. The molecule has 0 aliphatic heterocycles. The summed E-state index contributed by atoms with van der Waals surface area (Å²) in [6.07, 6.45) is 3.67. The van der Waals surface area contributed by atoms with Gasteiger partial charge >= 0.3 is 0 Å². The van der Waals surface area contributed by atoms with Crippen LogP contribution in [-0.4, -0.2) is 19.5 Å². The summed E-state index contributed by atoms with van der Waals surface area (Å²) in [5, 5.41) is 2.34. The van der Waals surface area contributed by atoms with Crippen molar-refractivity contribution in [2.75, 3.05) is 0 Å². The molecule has 4 aromatic heterocycles. The maximum Gasteiger partial charge on any atom is 0.145 e. The third kappa shape index (κ3) is 4.55. The molecule has 0 aliphatic rings. The van der Waals surface area contributed by atoms with E-state index in [-0.39, 0.29) is 0 Å². The molecule has 0 aliphatic carbocycles. The first-order valence-corrected chi connectivity index (χ1v) is 14.4. The lowest BCUT2D eigenvalue weighted by atomic mass is 9.99. The van der Waals surface area contributed by atoms with E-state index in [1.165, 1.54) is 16.5 Å². The van der Waals surface area contributed by atoms with Gasteiger partial charge in [-0.3, -0.25) is 9.55 Å². The number of aromatic nitrogens is 4. The third-order valence-corrected chi connectivity index (χ3v) is 7.91. The maximum absolute atomic E-state index is 5.08. The van der Waals surface area contributed by atoms with Crippen LogP contribution >= 0.6 is 0 Å². The molecule has 43 heavy (non-hydrogen) atoms. The van der Waals surface area contributed by atoms with Gasteiger partial charge in [0.1, 0.15) is 5.65 Å². The molecular formula is C39H26N4. The van der Waals surface area contributed by atoms with Crippen LogP contribution in [0, 0.1) is 0 Å². The minimum Gasteiger partial charge on any atom is -0.294 e. The Hall–Kier alpha value is -5.87. The maximum atomic E-state index is 5.08. The number of fused-ring (bicyclic) bond motifs is 3. The second kappa shape index (κ2) is 10.5. The molecule has 0 bridgehead atoms. The van der Waals surface area contributed by atoms with Crippen molar-refractivity contribution in [1.82, 2.24) is 19.5 Å². The summed E-state index contributed by atoms with van der Waals surface area (Å²) in [6, 6.07) is 50.6. The summed E-state index contributed by atoms with van der Waals surface area (Å²) in [5.41, 5.74) is 11.3. The normalized spacial score (nSPS) is 11.3. The standard InChI is InChI=1S/C39H26N4/c1-2-10-27(11-3-1)28-18-20-29(21-19-28)36-25-31(26-37(42-36)35-16-6-7-22-40-35)30-12-8-13-32(24-30)43-38-17-5-4-14-33(38)34-15-9-23-41-39(34)43/h1-26H. The highest BCUT2D eigenvalue weighted by Crippen LogP contribution is 2.34. The molecular weight excluding hydrogens is 524 g/mol. The van der Waals surface area contributed by atoms with Gasteiger partial charge in [0.15, 0.2) is 0 Å². The molecule has 4 nitrogen and oxygen atoms in total. The number of rotatable bonds is 5. The van der Waals surface area contributed by atoms with Crippen LogP contribution in [0.15, 0.2) is 158 Å². The summed E-state index contributed by atoms with van der Waals surface area (Å²) in [5.74, 6) is 0. The van der Waals surface area contributed by atoms with E-state index < -0.39 is 0 Å². The van der Waals surface area contributed by atoms with Gasteiger partial charge in [-0.05, 0) is 76.9 Å². The summed E-state index contributed by atoms with van der Waals surface area (Å²) >= 11 is 0. The van der Waals surface area contributed by atoms with E-state index in [1.54, 1.807) is 0 Å².